The van der Waals surface area contributed by atoms with E-state index in [1.54, 1.807) is 19.4 Å². The fourth-order valence-corrected chi connectivity index (χ4v) is 4.40. The third-order valence-corrected chi connectivity index (χ3v) is 6.12. The van der Waals surface area contributed by atoms with Crippen molar-refractivity contribution in [1.82, 2.24) is 14.3 Å². The number of carbonyl (C=O) groups excluding carboxylic acids is 1. The lowest BCUT2D eigenvalue weighted by Crippen LogP contribution is -2.31. The number of aromatic nitrogens is 2. The van der Waals surface area contributed by atoms with E-state index in [0.29, 0.717) is 46.0 Å². The van der Waals surface area contributed by atoms with E-state index in [0.717, 1.165) is 24.8 Å². The Morgan fingerprint density at radius 3 is 2.83 bits per heavy atom. The zero-order chi connectivity index (χ0) is 21.7. The van der Waals surface area contributed by atoms with Crippen molar-refractivity contribution in [2.24, 2.45) is 0 Å². The lowest BCUT2D eigenvalue weighted by Gasteiger charge is -2.13. The van der Waals surface area contributed by atoms with Gasteiger partial charge in [0.1, 0.15) is 15.8 Å². The Hall–Kier alpha value is -2.23. The van der Waals surface area contributed by atoms with Crippen LogP contribution >= 0.6 is 24.0 Å². The summed E-state index contributed by atoms with van der Waals surface area (Å²) in [7, 11) is 1.58. The monoisotopic (exact) mass is 446 g/mol. The van der Waals surface area contributed by atoms with Crippen LogP contribution in [0.1, 0.15) is 37.3 Å². The fourth-order valence-electron chi connectivity index (χ4n) is 3.11. The molecule has 3 heterocycles. The fraction of sp³-hybridized carbons (Fsp3) is 0.429. The zero-order valence-corrected chi connectivity index (χ0v) is 19.1. The summed E-state index contributed by atoms with van der Waals surface area (Å²) in [5.41, 5.74) is 1.66. The maximum Gasteiger partial charge on any atom is 0.267 e. The lowest BCUT2D eigenvalue weighted by molar-refractivity contribution is -0.122. The Morgan fingerprint density at radius 2 is 2.10 bits per heavy atom. The second-order valence-electron chi connectivity index (χ2n) is 7.07. The number of hydrogen-bond donors (Lipinski definition) is 1. The van der Waals surface area contributed by atoms with Crippen LogP contribution in [0.5, 0.6) is 0 Å². The highest BCUT2D eigenvalue weighted by Gasteiger charge is 2.32. The Kier molecular flexibility index (Phi) is 7.63. The van der Waals surface area contributed by atoms with Crippen molar-refractivity contribution < 1.29 is 9.53 Å². The molecule has 1 N–H and O–H groups in total. The second-order valence-corrected chi connectivity index (χ2v) is 8.75. The molecule has 0 aromatic carbocycles. The highest BCUT2D eigenvalue weighted by Crippen LogP contribution is 2.32. The number of unbranched alkanes of at least 4 members (excludes halogenated alkanes) is 2. The van der Waals surface area contributed by atoms with Gasteiger partial charge in [0.2, 0.25) is 0 Å². The number of rotatable bonds is 9. The number of methoxy groups -OCH3 is 1. The molecule has 1 saturated heterocycles. The second kappa shape index (κ2) is 10.2. The first-order valence-corrected chi connectivity index (χ1v) is 11.2. The minimum atomic E-state index is -0.219. The van der Waals surface area contributed by atoms with E-state index < -0.39 is 0 Å². The van der Waals surface area contributed by atoms with Gasteiger partial charge in [-0.15, -0.1) is 0 Å². The van der Waals surface area contributed by atoms with Crippen LogP contribution in [0.4, 0.5) is 5.82 Å². The predicted octanol–water partition coefficient (Wildman–Crippen LogP) is 3.45. The van der Waals surface area contributed by atoms with E-state index in [9.17, 15) is 9.59 Å². The average Bonchev–Trinajstić information content (AvgIpc) is 2.99. The quantitative estimate of drug-likeness (QED) is 0.359. The van der Waals surface area contributed by atoms with E-state index in [1.165, 1.54) is 21.1 Å². The molecule has 7 nitrogen and oxygen atoms in total. The first-order chi connectivity index (χ1) is 14.5. The molecular formula is C21H26N4O3S2. The molecule has 160 valence electrons. The van der Waals surface area contributed by atoms with Crippen molar-refractivity contribution in [3.8, 4) is 0 Å². The molecule has 1 fully saturated rings. The number of ether oxygens (including phenoxy) is 1. The van der Waals surface area contributed by atoms with Gasteiger partial charge < -0.3 is 10.1 Å². The summed E-state index contributed by atoms with van der Waals surface area (Å²) in [6.45, 7) is 5.54. The van der Waals surface area contributed by atoms with Gasteiger partial charge in [0.25, 0.3) is 11.5 Å². The number of nitrogens with one attached hydrogen (secondary N) is 1. The average molecular weight is 447 g/mol. The summed E-state index contributed by atoms with van der Waals surface area (Å²) >= 11 is 6.53. The number of hydrogen-bond acceptors (Lipinski definition) is 7. The van der Waals surface area contributed by atoms with Crippen LogP contribution in [0.2, 0.25) is 0 Å². The number of aryl methyl sites for hydroxylation is 1. The number of thioether (sulfide) groups is 1. The molecule has 0 radical (unpaired) electrons. The van der Waals surface area contributed by atoms with Gasteiger partial charge in [-0.05, 0) is 31.1 Å². The predicted molar refractivity (Wildman–Crippen MR) is 126 cm³/mol. The number of amides is 1. The summed E-state index contributed by atoms with van der Waals surface area (Å²) in [5.74, 6) is 0.273. The van der Waals surface area contributed by atoms with Crippen LogP contribution in [0.3, 0.4) is 0 Å². The first-order valence-electron chi connectivity index (χ1n) is 9.97. The van der Waals surface area contributed by atoms with Crippen molar-refractivity contribution in [2.75, 3.05) is 32.1 Å². The maximum atomic E-state index is 13.3. The third-order valence-electron chi connectivity index (χ3n) is 4.75. The molecule has 30 heavy (non-hydrogen) atoms. The number of anilines is 1. The Bertz CT molecular complexity index is 1050. The minimum Gasteiger partial charge on any atom is -0.383 e. The summed E-state index contributed by atoms with van der Waals surface area (Å²) in [5, 5.41) is 3.29. The topological polar surface area (TPSA) is 75.9 Å². The highest BCUT2D eigenvalue weighted by molar-refractivity contribution is 8.26. The Morgan fingerprint density at radius 1 is 1.30 bits per heavy atom. The van der Waals surface area contributed by atoms with Gasteiger partial charge in [-0.3, -0.25) is 18.9 Å². The van der Waals surface area contributed by atoms with Gasteiger partial charge in [0, 0.05) is 19.9 Å². The number of nitrogens with zero attached hydrogens (tertiary/aromatic N) is 3. The molecule has 1 aliphatic heterocycles. The highest BCUT2D eigenvalue weighted by atomic mass is 32.2. The number of fused-ring (bicyclic) bond motifs is 1. The number of pyridine rings is 1. The molecule has 1 aliphatic rings. The van der Waals surface area contributed by atoms with Gasteiger partial charge in [-0.1, -0.05) is 49.8 Å². The van der Waals surface area contributed by atoms with E-state index in [-0.39, 0.29) is 11.5 Å². The zero-order valence-electron chi connectivity index (χ0n) is 17.4. The van der Waals surface area contributed by atoms with Crippen molar-refractivity contribution in [1.29, 1.82) is 0 Å². The van der Waals surface area contributed by atoms with Crippen LogP contribution in [-0.2, 0) is 9.53 Å². The molecule has 0 aliphatic carbocycles. The van der Waals surface area contributed by atoms with E-state index >= 15 is 0 Å². The lowest BCUT2D eigenvalue weighted by atomic mass is 10.2. The first kappa shape index (κ1) is 22.5. The molecule has 0 unspecified atom stereocenters. The van der Waals surface area contributed by atoms with Crippen LogP contribution in [-0.4, -0.2) is 51.3 Å². The van der Waals surface area contributed by atoms with Gasteiger partial charge in [0.15, 0.2) is 0 Å². The van der Waals surface area contributed by atoms with Crippen LogP contribution in [0.25, 0.3) is 11.7 Å². The largest absolute Gasteiger partial charge is 0.383 e. The van der Waals surface area contributed by atoms with Gasteiger partial charge in [-0.25, -0.2) is 4.98 Å². The molecule has 1 amide bonds. The maximum absolute atomic E-state index is 13.3. The van der Waals surface area contributed by atoms with E-state index in [2.05, 4.69) is 17.2 Å². The normalized spacial score (nSPS) is 15.6. The van der Waals surface area contributed by atoms with Gasteiger partial charge in [-0.2, -0.15) is 0 Å². The van der Waals surface area contributed by atoms with E-state index in [4.69, 9.17) is 17.0 Å². The Labute approximate surface area is 185 Å². The van der Waals surface area contributed by atoms with Crippen molar-refractivity contribution in [2.45, 2.75) is 33.1 Å². The molecule has 3 rings (SSSR count). The molecular weight excluding hydrogens is 420 g/mol. The number of thiocarbonyl (C=S) groups is 1. The molecule has 0 saturated carbocycles. The van der Waals surface area contributed by atoms with Crippen LogP contribution < -0.4 is 10.9 Å². The van der Waals surface area contributed by atoms with Gasteiger partial charge >= 0.3 is 0 Å². The molecule has 0 bridgehead atoms. The standard InChI is InChI=1S/C21H26N4O3S2/c1-4-5-6-9-22-18-15(19(26)25-13-14(2)7-8-17(25)23-18)12-16-20(27)24(10-11-28-3)21(29)30-16/h7-8,12-13,22H,4-6,9-11H2,1-3H3/b16-12+. The third kappa shape index (κ3) is 4.91. The summed E-state index contributed by atoms with van der Waals surface area (Å²) in [6, 6.07) is 3.74. The molecule has 0 atom stereocenters. The number of carbonyl (C=O) groups is 1. The van der Waals surface area contributed by atoms with Crippen molar-refractivity contribution >= 4 is 51.7 Å². The van der Waals surface area contributed by atoms with Crippen LogP contribution in [0, 0.1) is 6.92 Å². The molecule has 9 heteroatoms. The minimum absolute atomic E-state index is 0.215. The summed E-state index contributed by atoms with van der Waals surface area (Å²) < 4.78 is 7.04. The van der Waals surface area contributed by atoms with E-state index in [1.807, 2.05) is 19.1 Å². The van der Waals surface area contributed by atoms with Crippen molar-refractivity contribution in [3.05, 3.63) is 44.7 Å². The van der Waals surface area contributed by atoms with Gasteiger partial charge in [0.05, 0.1) is 23.6 Å². The molecule has 0 spiro atoms. The van der Waals surface area contributed by atoms with Crippen LogP contribution in [0.15, 0.2) is 28.0 Å². The smallest absolute Gasteiger partial charge is 0.267 e. The summed E-state index contributed by atoms with van der Waals surface area (Å²) in [4.78, 5) is 32.6. The summed E-state index contributed by atoms with van der Waals surface area (Å²) in [6.07, 6.45) is 6.53. The SMILES string of the molecule is CCCCCNc1nc2ccc(C)cn2c(=O)c1/C=C1/SC(=S)N(CCOC)C1=O. The molecule has 2 aromatic heterocycles. The Balaban J connectivity index is 2.03. The molecule has 2 aromatic rings. The van der Waals surface area contributed by atoms with Crippen molar-refractivity contribution in [3.63, 3.8) is 0 Å².